The molecule has 0 spiro atoms. The Bertz CT molecular complexity index is 851. The van der Waals surface area contributed by atoms with E-state index < -0.39 is 0 Å². The van der Waals surface area contributed by atoms with E-state index in [9.17, 15) is 0 Å². The highest BCUT2D eigenvalue weighted by atomic mass is 16.5. The molecule has 0 aliphatic heterocycles. The van der Waals surface area contributed by atoms with Gasteiger partial charge < -0.3 is 9.47 Å². The van der Waals surface area contributed by atoms with Crippen molar-refractivity contribution in [3.05, 3.63) is 95.1 Å². The Labute approximate surface area is 152 Å². The number of hydrogen-bond donors (Lipinski definition) is 0. The first-order chi connectivity index (χ1) is 12.8. The molecule has 0 heterocycles. The van der Waals surface area contributed by atoms with E-state index in [4.69, 9.17) is 20.0 Å². The monoisotopic (exact) mass is 340 g/mol. The average molecular weight is 340 g/mol. The summed E-state index contributed by atoms with van der Waals surface area (Å²) in [5.41, 5.74) is 4.77. The van der Waals surface area contributed by atoms with E-state index in [-0.39, 0.29) is 0 Å². The van der Waals surface area contributed by atoms with Crippen LogP contribution in [0, 0.1) is 23.0 Å². The lowest BCUT2D eigenvalue weighted by Crippen LogP contribution is -1.92. The summed E-state index contributed by atoms with van der Waals surface area (Å²) in [5, 5.41) is 17.0. The summed E-state index contributed by atoms with van der Waals surface area (Å²) < 4.78 is 9.57. The molecule has 4 heteroatoms. The maximum absolute atomic E-state index is 8.50. The van der Waals surface area contributed by atoms with Gasteiger partial charge in [-0.25, -0.2) is 0 Å². The van der Waals surface area contributed by atoms with Crippen molar-refractivity contribution in [2.45, 2.75) is 12.8 Å². The number of rotatable bonds is 6. The molecule has 0 amide bonds. The van der Waals surface area contributed by atoms with Crippen LogP contribution in [-0.4, -0.2) is 0 Å². The second kappa shape index (κ2) is 8.37. The molecule has 26 heavy (non-hydrogen) atoms. The molecule has 0 saturated heterocycles. The fraction of sp³-hybridized carbons (Fsp3) is 0.0909. The predicted octanol–water partition coefficient (Wildman–Crippen LogP) is 4.59. The topological polar surface area (TPSA) is 66.0 Å². The molecule has 0 aliphatic carbocycles. The summed E-state index contributed by atoms with van der Waals surface area (Å²) in [6.45, 7) is 0. The molecular weight excluding hydrogens is 324 g/mol. The maximum Gasteiger partial charge on any atom is 0.292 e. The first kappa shape index (κ1) is 17.1. The van der Waals surface area contributed by atoms with Crippen molar-refractivity contribution in [2.75, 3.05) is 0 Å². The van der Waals surface area contributed by atoms with Gasteiger partial charge >= 0.3 is 0 Å². The average Bonchev–Trinajstić information content (AvgIpc) is 2.67. The summed E-state index contributed by atoms with van der Waals surface area (Å²) in [4.78, 5) is 0. The van der Waals surface area contributed by atoms with Gasteiger partial charge in [0.2, 0.25) is 0 Å². The van der Waals surface area contributed by atoms with Gasteiger partial charge in [-0.3, -0.25) is 0 Å². The number of nitriles is 2. The number of ether oxygens (including phenoxy) is 2. The minimum absolute atomic E-state index is 0.554. The molecule has 3 aromatic rings. The van der Waals surface area contributed by atoms with Gasteiger partial charge in [-0.1, -0.05) is 48.5 Å². The summed E-state index contributed by atoms with van der Waals surface area (Å²) >= 11 is 0. The molecule has 0 aliphatic rings. The molecule has 3 rings (SSSR count). The minimum Gasteiger partial charge on any atom is -0.388 e. The molecular formula is C22H16N2O2. The number of nitrogens with zero attached hydrogens (tertiary/aromatic N) is 2. The highest BCUT2D eigenvalue weighted by Crippen LogP contribution is 2.18. The first-order valence-electron chi connectivity index (χ1n) is 8.14. The van der Waals surface area contributed by atoms with Crippen LogP contribution in [0.1, 0.15) is 22.3 Å². The van der Waals surface area contributed by atoms with Crippen molar-refractivity contribution >= 4 is 0 Å². The van der Waals surface area contributed by atoms with E-state index in [1.165, 1.54) is 11.1 Å². The Kier molecular flexibility index (Phi) is 5.50. The first-order valence-corrected chi connectivity index (χ1v) is 8.14. The molecule has 0 N–H and O–H groups in total. The van der Waals surface area contributed by atoms with Crippen molar-refractivity contribution in [3.63, 3.8) is 0 Å². The second-order valence-electron chi connectivity index (χ2n) is 5.84. The summed E-state index contributed by atoms with van der Waals surface area (Å²) in [6.07, 6.45) is 4.99. The molecule has 0 saturated carbocycles. The third-order valence-electron chi connectivity index (χ3n) is 4.01. The van der Waals surface area contributed by atoms with Crippen LogP contribution >= 0.6 is 0 Å². The summed E-state index contributed by atoms with van der Waals surface area (Å²) in [5.74, 6) is 1.11. The second-order valence-corrected chi connectivity index (χ2v) is 5.84. The van der Waals surface area contributed by atoms with Crippen LogP contribution in [0.5, 0.6) is 11.5 Å². The smallest absolute Gasteiger partial charge is 0.292 e. The van der Waals surface area contributed by atoms with E-state index in [1.54, 1.807) is 36.8 Å². The third kappa shape index (κ3) is 4.63. The van der Waals surface area contributed by atoms with E-state index in [0.29, 0.717) is 11.5 Å². The normalized spacial score (nSPS) is 9.77. The van der Waals surface area contributed by atoms with Gasteiger partial charge in [-0.15, -0.1) is 10.5 Å². The Hall–Kier alpha value is -3.76. The SMILES string of the molecule is N#COc1ccc(Cc2ccc(Cc3ccc(OC#N)cc3)cc2)cc1. The zero-order valence-corrected chi connectivity index (χ0v) is 14.1. The largest absolute Gasteiger partial charge is 0.388 e. The lowest BCUT2D eigenvalue weighted by molar-refractivity contribution is 0.506. The van der Waals surface area contributed by atoms with Gasteiger partial charge in [0.25, 0.3) is 12.5 Å². The van der Waals surface area contributed by atoms with Gasteiger partial charge in [0.15, 0.2) is 0 Å². The van der Waals surface area contributed by atoms with Crippen molar-refractivity contribution in [1.29, 1.82) is 10.5 Å². The molecule has 0 unspecified atom stereocenters. The Morgan fingerprint density at radius 2 is 0.769 bits per heavy atom. The number of hydrogen-bond acceptors (Lipinski definition) is 4. The van der Waals surface area contributed by atoms with Gasteiger partial charge in [0.1, 0.15) is 11.5 Å². The van der Waals surface area contributed by atoms with Crippen LogP contribution in [0.3, 0.4) is 0 Å². The van der Waals surface area contributed by atoms with E-state index in [1.807, 2.05) is 24.3 Å². The fourth-order valence-electron chi connectivity index (χ4n) is 2.70. The maximum atomic E-state index is 8.50. The van der Waals surface area contributed by atoms with Crippen molar-refractivity contribution in [2.24, 2.45) is 0 Å². The molecule has 0 aromatic heterocycles. The standard InChI is InChI=1S/C22H16N2O2/c23-15-25-21-9-5-19(6-10-21)13-17-1-2-18(4-3-17)14-20-7-11-22(12-8-20)26-16-24/h1-12H,13-14H2. The minimum atomic E-state index is 0.554. The molecule has 0 bridgehead atoms. The van der Waals surface area contributed by atoms with E-state index in [0.717, 1.165) is 24.0 Å². The van der Waals surface area contributed by atoms with Gasteiger partial charge in [0.05, 0.1) is 0 Å². The van der Waals surface area contributed by atoms with E-state index >= 15 is 0 Å². The van der Waals surface area contributed by atoms with Gasteiger partial charge in [-0.2, -0.15) is 0 Å². The lowest BCUT2D eigenvalue weighted by atomic mass is 10.0. The van der Waals surface area contributed by atoms with Crippen molar-refractivity contribution < 1.29 is 9.47 Å². The quantitative estimate of drug-likeness (QED) is 0.616. The van der Waals surface area contributed by atoms with Crippen LogP contribution < -0.4 is 9.47 Å². The zero-order valence-electron chi connectivity index (χ0n) is 14.1. The molecule has 3 aromatic carbocycles. The Morgan fingerprint density at radius 1 is 0.500 bits per heavy atom. The molecule has 126 valence electrons. The molecule has 0 fully saturated rings. The summed E-state index contributed by atoms with van der Waals surface area (Å²) in [7, 11) is 0. The van der Waals surface area contributed by atoms with Gasteiger partial charge in [-0.05, 0) is 59.4 Å². The van der Waals surface area contributed by atoms with Crippen LogP contribution in [-0.2, 0) is 12.8 Å². The summed E-state index contributed by atoms with van der Waals surface area (Å²) in [6, 6.07) is 23.6. The van der Waals surface area contributed by atoms with Crippen molar-refractivity contribution in [3.8, 4) is 24.0 Å². The zero-order chi connectivity index (χ0) is 18.2. The number of benzene rings is 3. The predicted molar refractivity (Wildman–Crippen MR) is 97.4 cm³/mol. The van der Waals surface area contributed by atoms with E-state index in [2.05, 4.69) is 24.3 Å². The van der Waals surface area contributed by atoms with Crippen molar-refractivity contribution in [1.82, 2.24) is 0 Å². The molecule has 4 nitrogen and oxygen atoms in total. The van der Waals surface area contributed by atoms with Gasteiger partial charge in [0, 0.05) is 0 Å². The fourth-order valence-corrected chi connectivity index (χ4v) is 2.70. The van der Waals surface area contributed by atoms with Crippen LogP contribution in [0.4, 0.5) is 0 Å². The third-order valence-corrected chi connectivity index (χ3v) is 4.01. The lowest BCUT2D eigenvalue weighted by Gasteiger charge is -2.06. The van der Waals surface area contributed by atoms with Crippen LogP contribution in [0.15, 0.2) is 72.8 Å². The van der Waals surface area contributed by atoms with Crippen LogP contribution in [0.25, 0.3) is 0 Å². The highest BCUT2D eigenvalue weighted by molar-refractivity contribution is 5.35. The Morgan fingerprint density at radius 3 is 1.04 bits per heavy atom. The molecule has 0 atom stereocenters. The molecule has 0 radical (unpaired) electrons. The highest BCUT2D eigenvalue weighted by Gasteiger charge is 2.01. The Balaban J connectivity index is 1.61. The van der Waals surface area contributed by atoms with Crippen LogP contribution in [0.2, 0.25) is 0 Å².